The van der Waals surface area contributed by atoms with Crippen LogP contribution < -0.4 is 4.72 Å². The standard InChI is InChI=1S/C13H19N3O4S2/c1-22(18,19)15-4-12-10-2-3-16(5-9(10)6-20-12)13(17)11-7-21-8-14-11/h7-10,12,15H,2-6H2,1H3/t9-,10-,12+/m1/s1. The van der Waals surface area contributed by atoms with Crippen molar-refractivity contribution in [2.75, 3.05) is 32.5 Å². The summed E-state index contributed by atoms with van der Waals surface area (Å²) in [6, 6.07) is 0. The minimum Gasteiger partial charge on any atom is -0.376 e. The quantitative estimate of drug-likeness (QED) is 0.840. The molecule has 0 unspecified atom stereocenters. The third-order valence-electron chi connectivity index (χ3n) is 4.28. The van der Waals surface area contributed by atoms with E-state index in [0.29, 0.717) is 37.9 Å². The number of hydrogen-bond acceptors (Lipinski definition) is 6. The van der Waals surface area contributed by atoms with Gasteiger partial charge in [0.15, 0.2) is 0 Å². The minimum absolute atomic E-state index is 0.0302. The second kappa shape index (κ2) is 6.23. The van der Waals surface area contributed by atoms with Crippen molar-refractivity contribution in [1.29, 1.82) is 0 Å². The smallest absolute Gasteiger partial charge is 0.273 e. The molecule has 0 bridgehead atoms. The third kappa shape index (κ3) is 3.48. The van der Waals surface area contributed by atoms with Crippen LogP contribution in [-0.2, 0) is 14.8 Å². The molecule has 0 saturated carbocycles. The zero-order chi connectivity index (χ0) is 15.7. The highest BCUT2D eigenvalue weighted by Crippen LogP contribution is 2.34. The van der Waals surface area contributed by atoms with Crippen molar-refractivity contribution < 1.29 is 17.9 Å². The normalized spacial score (nSPS) is 28.6. The number of sulfonamides is 1. The molecule has 3 atom stereocenters. The van der Waals surface area contributed by atoms with E-state index in [1.807, 2.05) is 4.90 Å². The number of piperidine rings is 1. The number of likely N-dealkylation sites (tertiary alicyclic amines) is 1. The molecule has 0 radical (unpaired) electrons. The molecule has 2 fully saturated rings. The zero-order valence-corrected chi connectivity index (χ0v) is 13.9. The number of ether oxygens (including phenoxy) is 1. The van der Waals surface area contributed by atoms with Crippen molar-refractivity contribution >= 4 is 27.3 Å². The molecule has 0 aliphatic carbocycles. The van der Waals surface area contributed by atoms with Crippen molar-refractivity contribution in [2.24, 2.45) is 11.8 Å². The summed E-state index contributed by atoms with van der Waals surface area (Å²) in [7, 11) is -3.20. The number of hydrogen-bond donors (Lipinski definition) is 1. The lowest BCUT2D eigenvalue weighted by Gasteiger charge is -2.35. The van der Waals surface area contributed by atoms with E-state index < -0.39 is 10.0 Å². The van der Waals surface area contributed by atoms with Crippen LogP contribution in [0.4, 0.5) is 0 Å². The largest absolute Gasteiger partial charge is 0.376 e. The van der Waals surface area contributed by atoms with Gasteiger partial charge in [0.1, 0.15) is 5.69 Å². The molecule has 1 aromatic heterocycles. The van der Waals surface area contributed by atoms with Gasteiger partial charge in [0, 0.05) is 30.9 Å². The monoisotopic (exact) mass is 345 g/mol. The van der Waals surface area contributed by atoms with Gasteiger partial charge in [-0.2, -0.15) is 0 Å². The molecule has 122 valence electrons. The van der Waals surface area contributed by atoms with Crippen LogP contribution in [0.3, 0.4) is 0 Å². The van der Waals surface area contributed by atoms with Gasteiger partial charge < -0.3 is 9.64 Å². The number of nitrogens with zero attached hydrogens (tertiary/aromatic N) is 2. The number of aromatic nitrogens is 1. The Morgan fingerprint density at radius 1 is 1.59 bits per heavy atom. The molecule has 9 heteroatoms. The SMILES string of the molecule is CS(=O)(=O)NC[C@@H]1OC[C@H]2CN(C(=O)c3cscn3)CC[C@H]21. The van der Waals surface area contributed by atoms with Gasteiger partial charge in [-0.25, -0.2) is 18.1 Å². The molecule has 3 rings (SSSR count). The third-order valence-corrected chi connectivity index (χ3v) is 5.56. The maximum atomic E-state index is 12.3. The lowest BCUT2D eigenvalue weighted by molar-refractivity contribution is 0.0612. The predicted molar refractivity (Wildman–Crippen MR) is 82.2 cm³/mol. The molecule has 2 aliphatic heterocycles. The van der Waals surface area contributed by atoms with Crippen molar-refractivity contribution in [1.82, 2.24) is 14.6 Å². The fraction of sp³-hybridized carbons (Fsp3) is 0.692. The Morgan fingerprint density at radius 2 is 2.41 bits per heavy atom. The van der Waals surface area contributed by atoms with E-state index in [4.69, 9.17) is 4.74 Å². The number of thiazole rings is 1. The Bertz CT molecular complexity index is 632. The summed E-state index contributed by atoms with van der Waals surface area (Å²) in [5, 5.41) is 1.76. The Balaban J connectivity index is 1.58. The Morgan fingerprint density at radius 3 is 3.09 bits per heavy atom. The zero-order valence-electron chi connectivity index (χ0n) is 12.3. The predicted octanol–water partition coefficient (Wildman–Crippen LogP) is 0.169. The number of carbonyl (C=O) groups is 1. The Kier molecular flexibility index (Phi) is 4.49. The van der Waals surface area contributed by atoms with Crippen LogP contribution >= 0.6 is 11.3 Å². The summed E-state index contributed by atoms with van der Waals surface area (Å²) in [5.74, 6) is 0.536. The first-order valence-corrected chi connectivity index (χ1v) is 10.0. The summed E-state index contributed by atoms with van der Waals surface area (Å²) in [6.45, 7) is 2.19. The number of carbonyl (C=O) groups excluding carboxylic acids is 1. The molecule has 0 spiro atoms. The molecule has 0 aromatic carbocycles. The van der Waals surface area contributed by atoms with E-state index in [9.17, 15) is 13.2 Å². The van der Waals surface area contributed by atoms with E-state index in [1.165, 1.54) is 11.3 Å². The van der Waals surface area contributed by atoms with Gasteiger partial charge in [-0.05, 0) is 12.3 Å². The highest BCUT2D eigenvalue weighted by Gasteiger charge is 2.42. The van der Waals surface area contributed by atoms with Crippen molar-refractivity contribution in [2.45, 2.75) is 12.5 Å². The van der Waals surface area contributed by atoms with E-state index in [-0.39, 0.29) is 17.9 Å². The summed E-state index contributed by atoms with van der Waals surface area (Å²) in [5.41, 5.74) is 2.16. The van der Waals surface area contributed by atoms with Crippen molar-refractivity contribution in [3.63, 3.8) is 0 Å². The highest BCUT2D eigenvalue weighted by atomic mass is 32.2. The van der Waals surface area contributed by atoms with Gasteiger partial charge in [0.25, 0.3) is 5.91 Å². The maximum absolute atomic E-state index is 12.3. The number of rotatable bonds is 4. The van der Waals surface area contributed by atoms with E-state index in [1.54, 1.807) is 10.9 Å². The molecular formula is C13H19N3O4S2. The summed E-state index contributed by atoms with van der Waals surface area (Å²) in [4.78, 5) is 18.2. The first-order valence-electron chi connectivity index (χ1n) is 7.18. The highest BCUT2D eigenvalue weighted by molar-refractivity contribution is 7.88. The van der Waals surface area contributed by atoms with Crippen LogP contribution in [0, 0.1) is 11.8 Å². The van der Waals surface area contributed by atoms with Gasteiger partial charge in [-0.15, -0.1) is 11.3 Å². The molecule has 1 N–H and O–H groups in total. The molecule has 2 aliphatic rings. The Hall–Kier alpha value is -1.03. The average Bonchev–Trinajstić information content (AvgIpc) is 3.12. The number of fused-ring (bicyclic) bond motifs is 1. The van der Waals surface area contributed by atoms with Gasteiger partial charge >= 0.3 is 0 Å². The van der Waals surface area contributed by atoms with Gasteiger partial charge in [0.2, 0.25) is 10.0 Å². The van der Waals surface area contributed by atoms with Crippen LogP contribution in [0.15, 0.2) is 10.9 Å². The maximum Gasteiger partial charge on any atom is 0.273 e. The lowest BCUT2D eigenvalue weighted by Crippen LogP contribution is -2.46. The second-order valence-corrected chi connectivity index (χ2v) is 8.38. The van der Waals surface area contributed by atoms with Crippen LogP contribution in [0.5, 0.6) is 0 Å². The molecule has 2 saturated heterocycles. The molecular weight excluding hydrogens is 326 g/mol. The topological polar surface area (TPSA) is 88.6 Å². The van der Waals surface area contributed by atoms with E-state index >= 15 is 0 Å². The summed E-state index contributed by atoms with van der Waals surface area (Å²) in [6.07, 6.45) is 1.88. The number of nitrogens with one attached hydrogen (secondary N) is 1. The molecule has 3 heterocycles. The number of amides is 1. The molecule has 7 nitrogen and oxygen atoms in total. The van der Waals surface area contributed by atoms with Crippen LogP contribution in [-0.4, -0.2) is 62.8 Å². The summed E-state index contributed by atoms with van der Waals surface area (Å²) >= 11 is 1.41. The van der Waals surface area contributed by atoms with E-state index in [2.05, 4.69) is 9.71 Å². The second-order valence-electron chi connectivity index (χ2n) is 5.83. The van der Waals surface area contributed by atoms with Crippen LogP contribution in [0.25, 0.3) is 0 Å². The first-order chi connectivity index (χ1) is 10.4. The van der Waals surface area contributed by atoms with Crippen molar-refractivity contribution in [3.8, 4) is 0 Å². The van der Waals surface area contributed by atoms with Gasteiger partial charge in [-0.1, -0.05) is 0 Å². The Labute approximate surface area is 133 Å². The fourth-order valence-corrected chi connectivity index (χ4v) is 4.19. The van der Waals surface area contributed by atoms with E-state index in [0.717, 1.165) is 12.7 Å². The van der Waals surface area contributed by atoms with Crippen LogP contribution in [0.1, 0.15) is 16.9 Å². The van der Waals surface area contributed by atoms with Gasteiger partial charge in [-0.3, -0.25) is 4.79 Å². The minimum atomic E-state index is -3.20. The van der Waals surface area contributed by atoms with Crippen molar-refractivity contribution in [3.05, 3.63) is 16.6 Å². The fourth-order valence-electron chi connectivity index (χ4n) is 3.20. The molecule has 1 aromatic rings. The first kappa shape index (κ1) is 15.9. The summed E-state index contributed by atoms with van der Waals surface area (Å²) < 4.78 is 30.6. The van der Waals surface area contributed by atoms with Crippen LogP contribution in [0.2, 0.25) is 0 Å². The lowest BCUT2D eigenvalue weighted by atomic mass is 9.84. The average molecular weight is 345 g/mol. The van der Waals surface area contributed by atoms with Gasteiger partial charge in [0.05, 0.1) is 24.5 Å². The molecule has 1 amide bonds. The molecule has 22 heavy (non-hydrogen) atoms.